The molecule has 31 heavy (non-hydrogen) atoms. The van der Waals surface area contributed by atoms with Gasteiger partial charge in [0.1, 0.15) is 5.60 Å². The predicted octanol–water partition coefficient (Wildman–Crippen LogP) is 4.48. The van der Waals surface area contributed by atoms with Gasteiger partial charge in [-0.25, -0.2) is 4.79 Å². The van der Waals surface area contributed by atoms with E-state index in [0.29, 0.717) is 6.54 Å². The van der Waals surface area contributed by atoms with Crippen molar-refractivity contribution in [3.63, 3.8) is 0 Å². The fourth-order valence-corrected chi connectivity index (χ4v) is 4.95. The van der Waals surface area contributed by atoms with Crippen LogP contribution in [0, 0.1) is 5.92 Å². The van der Waals surface area contributed by atoms with E-state index in [2.05, 4.69) is 41.3 Å². The minimum absolute atomic E-state index is 0.112. The number of fused-ring (bicyclic) bond motifs is 1. The molecule has 2 heterocycles. The maximum absolute atomic E-state index is 13.5. The van der Waals surface area contributed by atoms with Crippen LogP contribution in [0.25, 0.3) is 0 Å². The maximum Gasteiger partial charge on any atom is 0.410 e. The number of amides is 1. The van der Waals surface area contributed by atoms with Crippen LogP contribution >= 0.6 is 0 Å². The Morgan fingerprint density at radius 2 is 1.68 bits per heavy atom. The Labute approximate surface area is 185 Å². The van der Waals surface area contributed by atoms with E-state index in [4.69, 9.17) is 4.74 Å². The number of hydrogen-bond acceptors (Lipinski definition) is 4. The molecule has 0 aromatic heterocycles. The van der Waals surface area contributed by atoms with Gasteiger partial charge in [0, 0.05) is 37.5 Å². The van der Waals surface area contributed by atoms with Crippen LogP contribution in [0.2, 0.25) is 0 Å². The molecule has 2 fully saturated rings. The molecule has 0 aliphatic carbocycles. The minimum atomic E-state index is -0.575. The summed E-state index contributed by atoms with van der Waals surface area (Å²) in [5.74, 6) is 0.164. The molecule has 4 rings (SSSR count). The second-order valence-electron chi connectivity index (χ2n) is 9.68. The molecule has 2 saturated heterocycles. The number of hydrogen-bond donors (Lipinski definition) is 0. The van der Waals surface area contributed by atoms with Gasteiger partial charge in [-0.1, -0.05) is 60.7 Å². The molecular weight excluding hydrogens is 388 g/mol. The molecule has 2 aromatic rings. The Morgan fingerprint density at radius 1 is 1.03 bits per heavy atom. The van der Waals surface area contributed by atoms with E-state index in [1.165, 1.54) is 11.1 Å². The van der Waals surface area contributed by atoms with Crippen molar-refractivity contribution in [2.24, 2.45) is 5.92 Å². The number of likely N-dealkylation sites (tertiary alicyclic amines) is 2. The molecule has 0 saturated carbocycles. The zero-order valence-corrected chi connectivity index (χ0v) is 18.7. The van der Waals surface area contributed by atoms with Gasteiger partial charge in [-0.15, -0.1) is 0 Å². The van der Waals surface area contributed by atoms with E-state index < -0.39 is 11.7 Å². The van der Waals surface area contributed by atoms with Crippen molar-refractivity contribution in [3.8, 4) is 0 Å². The van der Waals surface area contributed by atoms with Crippen LogP contribution in [-0.4, -0.2) is 53.0 Å². The largest absolute Gasteiger partial charge is 0.444 e. The van der Waals surface area contributed by atoms with E-state index in [9.17, 15) is 9.59 Å². The first-order valence-electron chi connectivity index (χ1n) is 11.2. The van der Waals surface area contributed by atoms with Crippen molar-refractivity contribution in [3.05, 3.63) is 71.8 Å². The summed E-state index contributed by atoms with van der Waals surface area (Å²) >= 11 is 0. The zero-order chi connectivity index (χ0) is 22.0. The number of rotatable bonds is 3. The summed E-state index contributed by atoms with van der Waals surface area (Å²) in [6.45, 7) is 7.88. The summed E-state index contributed by atoms with van der Waals surface area (Å²) in [5, 5.41) is 0. The Bertz CT molecular complexity index is 907. The van der Waals surface area contributed by atoms with Crippen molar-refractivity contribution < 1.29 is 14.3 Å². The Kier molecular flexibility index (Phi) is 6.15. The molecule has 2 aromatic carbocycles. The molecule has 5 heteroatoms. The standard InChI is InChI=1S/C26H32N2O3/c1-26(2,3)31-25(30)27-15-14-22-24(23(29)18-27)21(20-12-8-5-9-13-20)17-28(22)16-19-10-6-4-7-11-19/h4-13,21-22,24H,14-18H2,1-3H3/t21-,22+,24-/m1/s1. The van der Waals surface area contributed by atoms with Gasteiger partial charge < -0.3 is 9.64 Å². The smallest absolute Gasteiger partial charge is 0.410 e. The molecular formula is C26H32N2O3. The molecule has 0 bridgehead atoms. The third kappa shape index (κ3) is 4.99. The third-order valence-electron chi connectivity index (χ3n) is 6.27. The lowest BCUT2D eigenvalue weighted by molar-refractivity contribution is -0.124. The molecule has 2 aliphatic rings. The minimum Gasteiger partial charge on any atom is -0.444 e. The van der Waals surface area contributed by atoms with Crippen molar-refractivity contribution >= 4 is 11.9 Å². The molecule has 5 nitrogen and oxygen atoms in total. The molecule has 1 amide bonds. The highest BCUT2D eigenvalue weighted by Crippen LogP contribution is 2.41. The van der Waals surface area contributed by atoms with Crippen LogP contribution in [0.5, 0.6) is 0 Å². The van der Waals surface area contributed by atoms with Crippen LogP contribution in [0.15, 0.2) is 60.7 Å². The molecule has 0 unspecified atom stereocenters. The van der Waals surface area contributed by atoms with Crippen LogP contribution in [0.4, 0.5) is 4.79 Å². The molecule has 164 valence electrons. The normalized spacial score (nSPS) is 24.5. The fourth-order valence-electron chi connectivity index (χ4n) is 4.95. The van der Waals surface area contributed by atoms with Gasteiger partial charge in [-0.2, -0.15) is 0 Å². The van der Waals surface area contributed by atoms with E-state index in [-0.39, 0.29) is 30.2 Å². The van der Waals surface area contributed by atoms with E-state index >= 15 is 0 Å². The summed E-state index contributed by atoms with van der Waals surface area (Å²) < 4.78 is 5.56. The highest BCUT2D eigenvalue weighted by atomic mass is 16.6. The highest BCUT2D eigenvalue weighted by molar-refractivity contribution is 5.88. The monoisotopic (exact) mass is 420 g/mol. The molecule has 0 spiro atoms. The number of ketones is 1. The Morgan fingerprint density at radius 3 is 2.32 bits per heavy atom. The highest BCUT2D eigenvalue weighted by Gasteiger charge is 2.48. The first kappa shape index (κ1) is 21.6. The average Bonchev–Trinajstić information content (AvgIpc) is 2.99. The number of Topliss-reactive ketones (excluding diaryl/α,β-unsaturated/α-hetero) is 1. The van der Waals surface area contributed by atoms with Crippen LogP contribution in [0.3, 0.4) is 0 Å². The quantitative estimate of drug-likeness (QED) is 0.735. The van der Waals surface area contributed by atoms with Crippen LogP contribution < -0.4 is 0 Å². The van der Waals surface area contributed by atoms with Crippen LogP contribution in [-0.2, 0) is 16.1 Å². The van der Waals surface area contributed by atoms with Gasteiger partial charge in [-0.05, 0) is 38.3 Å². The lowest BCUT2D eigenvalue weighted by atomic mass is 9.82. The number of nitrogens with zero attached hydrogens (tertiary/aromatic N) is 2. The number of carbonyl (C=O) groups is 2. The number of carbonyl (C=O) groups excluding carboxylic acids is 2. The van der Waals surface area contributed by atoms with Gasteiger partial charge in [-0.3, -0.25) is 9.69 Å². The lowest BCUT2D eigenvalue weighted by Gasteiger charge is -2.27. The van der Waals surface area contributed by atoms with E-state index in [1.807, 2.05) is 45.0 Å². The fraction of sp³-hybridized carbons (Fsp3) is 0.462. The van der Waals surface area contributed by atoms with Crippen molar-refractivity contribution in [2.75, 3.05) is 19.6 Å². The SMILES string of the molecule is CC(C)(C)OC(=O)N1CC[C@H]2[C@H](C(=O)C1)[C@@H](c1ccccc1)CN2Cc1ccccc1. The number of ether oxygens (including phenoxy) is 1. The topological polar surface area (TPSA) is 49.9 Å². The molecule has 0 N–H and O–H groups in total. The predicted molar refractivity (Wildman–Crippen MR) is 121 cm³/mol. The average molecular weight is 421 g/mol. The van der Waals surface area contributed by atoms with E-state index in [0.717, 1.165) is 19.5 Å². The summed E-state index contributed by atoms with van der Waals surface area (Å²) in [7, 11) is 0. The summed E-state index contributed by atoms with van der Waals surface area (Å²) in [6, 6.07) is 20.9. The van der Waals surface area contributed by atoms with Gasteiger partial charge in [0.15, 0.2) is 5.78 Å². The third-order valence-corrected chi connectivity index (χ3v) is 6.27. The zero-order valence-electron chi connectivity index (χ0n) is 18.7. The van der Waals surface area contributed by atoms with Crippen molar-refractivity contribution in [2.45, 2.75) is 51.3 Å². The van der Waals surface area contributed by atoms with E-state index in [1.54, 1.807) is 4.90 Å². The van der Waals surface area contributed by atoms with Gasteiger partial charge in [0.25, 0.3) is 0 Å². The Hall–Kier alpha value is -2.66. The maximum atomic E-state index is 13.5. The molecule has 3 atom stereocenters. The first-order chi connectivity index (χ1) is 14.8. The number of benzene rings is 2. The van der Waals surface area contributed by atoms with Crippen molar-refractivity contribution in [1.29, 1.82) is 0 Å². The first-order valence-corrected chi connectivity index (χ1v) is 11.2. The van der Waals surface area contributed by atoms with Crippen molar-refractivity contribution in [1.82, 2.24) is 9.80 Å². The van der Waals surface area contributed by atoms with Gasteiger partial charge in [0.05, 0.1) is 6.54 Å². The second kappa shape index (κ2) is 8.83. The summed E-state index contributed by atoms with van der Waals surface area (Å²) in [5.41, 5.74) is 1.87. The molecule has 0 radical (unpaired) electrons. The second-order valence-corrected chi connectivity index (χ2v) is 9.68. The lowest BCUT2D eigenvalue weighted by Crippen LogP contribution is -2.40. The van der Waals surface area contributed by atoms with Gasteiger partial charge >= 0.3 is 6.09 Å². The van der Waals surface area contributed by atoms with Gasteiger partial charge in [0.2, 0.25) is 0 Å². The Balaban J connectivity index is 1.60. The molecule has 2 aliphatic heterocycles. The summed E-state index contributed by atoms with van der Waals surface area (Å²) in [6.07, 6.45) is 0.373. The summed E-state index contributed by atoms with van der Waals surface area (Å²) in [4.78, 5) is 30.2. The van der Waals surface area contributed by atoms with Crippen LogP contribution in [0.1, 0.15) is 44.2 Å².